The molecule has 0 aromatic heterocycles. The van der Waals surface area contributed by atoms with Crippen molar-refractivity contribution in [2.75, 3.05) is 26.9 Å². The molecule has 1 amide bonds. The highest BCUT2D eigenvalue weighted by atomic mass is 32.2. The number of amides is 1. The zero-order valence-corrected chi connectivity index (χ0v) is 17.8. The summed E-state index contributed by atoms with van der Waals surface area (Å²) in [6.45, 7) is 4.97. The first-order valence-corrected chi connectivity index (χ1v) is 10.8. The van der Waals surface area contributed by atoms with E-state index in [1.54, 1.807) is 26.2 Å². The summed E-state index contributed by atoms with van der Waals surface area (Å²) in [5.74, 6) is 0.467. The van der Waals surface area contributed by atoms with Gasteiger partial charge in [-0.1, -0.05) is 29.8 Å². The molecule has 0 atom stereocenters. The van der Waals surface area contributed by atoms with Crippen LogP contribution < -0.4 is 14.8 Å². The molecule has 2 rings (SSSR count). The molecule has 0 fully saturated rings. The van der Waals surface area contributed by atoms with E-state index in [9.17, 15) is 13.2 Å². The summed E-state index contributed by atoms with van der Waals surface area (Å²) < 4.78 is 37.8. The number of carbonyl (C=O) groups excluding carboxylic acids is 1. The van der Waals surface area contributed by atoms with Gasteiger partial charge in [-0.25, -0.2) is 13.1 Å². The molecule has 0 saturated carbocycles. The fourth-order valence-corrected chi connectivity index (χ4v) is 4.01. The monoisotopic (exact) mass is 420 g/mol. The number of methoxy groups -OCH3 is 1. The van der Waals surface area contributed by atoms with Gasteiger partial charge in [0.05, 0.1) is 11.5 Å². The van der Waals surface area contributed by atoms with E-state index in [1.165, 1.54) is 0 Å². The Morgan fingerprint density at radius 1 is 1.07 bits per heavy atom. The molecule has 2 aromatic carbocycles. The van der Waals surface area contributed by atoms with Crippen LogP contribution in [0.2, 0.25) is 0 Å². The summed E-state index contributed by atoms with van der Waals surface area (Å²) >= 11 is 0. The third-order valence-electron chi connectivity index (χ3n) is 4.21. The molecular weight excluding hydrogens is 392 g/mol. The van der Waals surface area contributed by atoms with E-state index in [-0.39, 0.29) is 23.8 Å². The van der Waals surface area contributed by atoms with Crippen molar-refractivity contribution in [3.63, 3.8) is 0 Å². The van der Waals surface area contributed by atoms with Crippen LogP contribution in [0.25, 0.3) is 0 Å². The van der Waals surface area contributed by atoms with Gasteiger partial charge in [-0.3, -0.25) is 4.79 Å². The lowest BCUT2D eigenvalue weighted by atomic mass is 10.2. The zero-order chi connectivity index (χ0) is 21.3. The first-order valence-electron chi connectivity index (χ1n) is 9.36. The van der Waals surface area contributed by atoms with Crippen molar-refractivity contribution in [1.29, 1.82) is 0 Å². The molecule has 158 valence electrons. The number of hydrogen-bond acceptors (Lipinski definition) is 5. The van der Waals surface area contributed by atoms with Crippen molar-refractivity contribution < 1.29 is 22.7 Å². The quantitative estimate of drug-likeness (QED) is 0.544. The number of sulfonamides is 1. The highest BCUT2D eigenvalue weighted by Crippen LogP contribution is 2.16. The summed E-state index contributed by atoms with van der Waals surface area (Å²) in [6.07, 6.45) is 0.0498. The van der Waals surface area contributed by atoms with E-state index < -0.39 is 10.0 Å². The minimum Gasteiger partial charge on any atom is -0.491 e. The van der Waals surface area contributed by atoms with Crippen LogP contribution >= 0.6 is 0 Å². The van der Waals surface area contributed by atoms with E-state index in [1.807, 2.05) is 37.3 Å². The Morgan fingerprint density at radius 2 is 1.86 bits per heavy atom. The molecule has 29 heavy (non-hydrogen) atoms. The van der Waals surface area contributed by atoms with Crippen LogP contribution in [0.3, 0.4) is 0 Å². The van der Waals surface area contributed by atoms with Gasteiger partial charge in [0.15, 0.2) is 0 Å². The van der Waals surface area contributed by atoms with Crippen molar-refractivity contribution in [1.82, 2.24) is 10.0 Å². The molecule has 8 heteroatoms. The summed E-state index contributed by atoms with van der Waals surface area (Å²) in [7, 11) is -2.04. The zero-order valence-electron chi connectivity index (χ0n) is 17.0. The van der Waals surface area contributed by atoms with Crippen LogP contribution in [0.4, 0.5) is 0 Å². The lowest BCUT2D eigenvalue weighted by Gasteiger charge is -2.11. The maximum Gasteiger partial charge on any atom is 0.240 e. The van der Waals surface area contributed by atoms with Crippen molar-refractivity contribution in [2.24, 2.45) is 0 Å². The van der Waals surface area contributed by atoms with Crippen LogP contribution in [-0.2, 0) is 26.1 Å². The lowest BCUT2D eigenvalue weighted by molar-refractivity contribution is -0.121. The Kier molecular flexibility index (Phi) is 8.63. The van der Waals surface area contributed by atoms with Gasteiger partial charge in [0, 0.05) is 26.6 Å². The predicted molar refractivity (Wildman–Crippen MR) is 111 cm³/mol. The van der Waals surface area contributed by atoms with Crippen molar-refractivity contribution in [3.8, 4) is 5.75 Å². The Morgan fingerprint density at radius 3 is 2.59 bits per heavy atom. The molecule has 0 bridgehead atoms. The fraction of sp³-hybridized carbons (Fsp3) is 0.381. The maximum atomic E-state index is 12.4. The normalized spacial score (nSPS) is 11.3. The maximum absolute atomic E-state index is 12.4. The predicted octanol–water partition coefficient (Wildman–Crippen LogP) is 2.31. The van der Waals surface area contributed by atoms with Crippen molar-refractivity contribution >= 4 is 15.9 Å². The Balaban J connectivity index is 1.79. The fourth-order valence-electron chi connectivity index (χ4n) is 2.75. The van der Waals surface area contributed by atoms with Crippen LogP contribution in [0.15, 0.2) is 47.4 Å². The molecular formula is C21H28N2O5S. The molecule has 7 nitrogen and oxygen atoms in total. The SMILES string of the molecule is COCCOc1cccc(CNC(=O)CCNS(=O)(=O)c2ccc(C)cc2C)c1. The van der Waals surface area contributed by atoms with E-state index in [0.717, 1.165) is 11.1 Å². The Labute approximate surface area is 172 Å². The summed E-state index contributed by atoms with van der Waals surface area (Å²) in [5.41, 5.74) is 2.56. The largest absolute Gasteiger partial charge is 0.491 e. The summed E-state index contributed by atoms with van der Waals surface area (Å²) in [4.78, 5) is 12.3. The highest BCUT2D eigenvalue weighted by molar-refractivity contribution is 7.89. The number of nitrogens with one attached hydrogen (secondary N) is 2. The van der Waals surface area contributed by atoms with Gasteiger partial charge in [0.2, 0.25) is 15.9 Å². The third kappa shape index (κ3) is 7.49. The number of benzene rings is 2. The second-order valence-electron chi connectivity index (χ2n) is 6.68. The molecule has 2 aromatic rings. The molecule has 0 aliphatic rings. The van der Waals surface area contributed by atoms with Gasteiger partial charge < -0.3 is 14.8 Å². The lowest BCUT2D eigenvalue weighted by Crippen LogP contribution is -2.30. The van der Waals surface area contributed by atoms with Crippen LogP contribution in [-0.4, -0.2) is 41.2 Å². The second kappa shape index (κ2) is 10.9. The highest BCUT2D eigenvalue weighted by Gasteiger charge is 2.16. The molecule has 0 radical (unpaired) electrons. The van der Waals surface area contributed by atoms with Gasteiger partial charge in [0.25, 0.3) is 0 Å². The average molecular weight is 421 g/mol. The minimum atomic E-state index is -3.64. The topological polar surface area (TPSA) is 93.7 Å². The van der Waals surface area contributed by atoms with Gasteiger partial charge in [-0.05, 0) is 43.2 Å². The van der Waals surface area contributed by atoms with Gasteiger partial charge >= 0.3 is 0 Å². The average Bonchev–Trinajstić information content (AvgIpc) is 2.66. The van der Waals surface area contributed by atoms with Crippen molar-refractivity contribution in [2.45, 2.75) is 31.7 Å². The molecule has 0 heterocycles. The first kappa shape index (κ1) is 22.9. The van der Waals surface area contributed by atoms with E-state index >= 15 is 0 Å². The minimum absolute atomic E-state index is 0.0294. The van der Waals surface area contributed by atoms with E-state index in [0.29, 0.717) is 31.1 Å². The van der Waals surface area contributed by atoms with Gasteiger partial charge in [-0.2, -0.15) is 0 Å². The number of aryl methyl sites for hydroxylation is 2. The molecule has 2 N–H and O–H groups in total. The van der Waals surface area contributed by atoms with E-state index in [2.05, 4.69) is 10.0 Å². The number of rotatable bonds is 11. The first-order chi connectivity index (χ1) is 13.8. The van der Waals surface area contributed by atoms with Crippen molar-refractivity contribution in [3.05, 3.63) is 59.2 Å². The Hall–Kier alpha value is -2.42. The molecule has 0 spiro atoms. The number of ether oxygens (including phenoxy) is 2. The number of hydrogen-bond donors (Lipinski definition) is 2. The molecule has 0 unspecified atom stereocenters. The number of carbonyl (C=O) groups is 1. The second-order valence-corrected chi connectivity index (χ2v) is 8.42. The summed E-state index contributed by atoms with van der Waals surface area (Å²) in [5, 5.41) is 2.78. The smallest absolute Gasteiger partial charge is 0.240 e. The molecule has 0 saturated heterocycles. The van der Waals surface area contributed by atoms with Crippen LogP contribution in [0.5, 0.6) is 5.75 Å². The summed E-state index contributed by atoms with van der Waals surface area (Å²) in [6, 6.07) is 12.6. The van der Waals surface area contributed by atoms with Gasteiger partial charge in [-0.15, -0.1) is 0 Å². The molecule has 0 aliphatic heterocycles. The standard InChI is InChI=1S/C21H28N2O5S/c1-16-7-8-20(17(2)13-16)29(25,26)23-10-9-21(24)22-15-18-5-4-6-19(14-18)28-12-11-27-3/h4-8,13-14,23H,9-12,15H2,1-3H3,(H,22,24). The molecule has 0 aliphatic carbocycles. The third-order valence-corrected chi connectivity index (χ3v) is 5.83. The van der Waals surface area contributed by atoms with Crippen LogP contribution in [0, 0.1) is 13.8 Å². The van der Waals surface area contributed by atoms with E-state index in [4.69, 9.17) is 9.47 Å². The van der Waals surface area contributed by atoms with Crippen LogP contribution in [0.1, 0.15) is 23.1 Å². The Bertz CT molecular complexity index is 928. The van der Waals surface area contributed by atoms with Gasteiger partial charge in [0.1, 0.15) is 12.4 Å².